The monoisotopic (exact) mass is 629 g/mol. The highest BCUT2D eigenvalue weighted by Crippen LogP contribution is 2.52. The molecule has 0 bridgehead atoms. The van der Waals surface area contributed by atoms with Gasteiger partial charge in [-0.3, -0.25) is 0 Å². The van der Waals surface area contributed by atoms with Crippen molar-refractivity contribution in [2.45, 2.75) is 19.3 Å². The molecule has 49 heavy (non-hydrogen) atoms. The first-order chi connectivity index (χ1) is 24.1. The summed E-state index contributed by atoms with van der Waals surface area (Å²) in [5.74, 6) is 2.53. The fourth-order valence-corrected chi connectivity index (χ4v) is 7.79. The largest absolute Gasteiger partial charge is 0.454 e. The van der Waals surface area contributed by atoms with Gasteiger partial charge in [0, 0.05) is 54.9 Å². The second-order valence-corrected chi connectivity index (χ2v) is 13.4. The first-order valence-electron chi connectivity index (χ1n) is 16.8. The molecule has 0 spiro atoms. The number of aromatic nitrogens is 3. The van der Waals surface area contributed by atoms with Crippen LogP contribution in [-0.4, -0.2) is 14.5 Å². The quantitative estimate of drug-likeness (QED) is 0.183. The maximum Gasteiger partial charge on any atom is 0.160 e. The lowest BCUT2D eigenvalue weighted by Crippen LogP contribution is -2.24. The number of nitrogens with zero attached hydrogens (tertiary/aromatic N) is 3. The van der Waals surface area contributed by atoms with Crippen molar-refractivity contribution in [2.24, 2.45) is 0 Å². The molecule has 1 aliphatic rings. The standard InChI is InChI=1S/C45H31N3O/c1-45(2)36-17-9-11-19-39(36)49-43-37(45)27-26-34-33-16-8-10-18-38(33)48(42(34)43)31-23-20-30(21-24-31)44-46-40(29-13-4-3-5-14-29)35-25-22-28-12-6-7-15-32(28)41(35)47-44/h3-27H,1-2H3. The van der Waals surface area contributed by atoms with Crippen molar-refractivity contribution in [3.05, 3.63) is 163 Å². The fourth-order valence-electron chi connectivity index (χ4n) is 7.79. The zero-order valence-electron chi connectivity index (χ0n) is 27.2. The zero-order chi connectivity index (χ0) is 32.7. The Bertz CT molecular complexity index is 2760. The van der Waals surface area contributed by atoms with Gasteiger partial charge in [0.05, 0.1) is 22.2 Å². The maximum absolute atomic E-state index is 6.80. The fraction of sp³-hybridized carbons (Fsp3) is 0.0667. The van der Waals surface area contributed by atoms with E-state index < -0.39 is 0 Å². The zero-order valence-corrected chi connectivity index (χ0v) is 27.2. The molecule has 4 heteroatoms. The molecule has 0 atom stereocenters. The molecule has 0 fully saturated rings. The highest BCUT2D eigenvalue weighted by Gasteiger charge is 2.36. The first-order valence-corrected chi connectivity index (χ1v) is 16.8. The lowest BCUT2D eigenvalue weighted by atomic mass is 9.75. The average Bonchev–Trinajstić information content (AvgIpc) is 3.50. The Labute approximate surface area is 283 Å². The van der Waals surface area contributed by atoms with Gasteiger partial charge in [0.1, 0.15) is 5.75 Å². The second-order valence-electron chi connectivity index (χ2n) is 13.4. The molecule has 7 aromatic carbocycles. The predicted octanol–water partition coefficient (Wildman–Crippen LogP) is 11.6. The minimum atomic E-state index is -0.211. The summed E-state index contributed by atoms with van der Waals surface area (Å²) in [6.45, 7) is 4.58. The molecule has 10 rings (SSSR count). The Morgan fingerprint density at radius 1 is 0.531 bits per heavy atom. The minimum Gasteiger partial charge on any atom is -0.454 e. The average molecular weight is 630 g/mol. The number of hydrogen-bond acceptors (Lipinski definition) is 3. The number of rotatable bonds is 3. The van der Waals surface area contributed by atoms with Crippen LogP contribution in [-0.2, 0) is 5.41 Å². The molecule has 0 aliphatic carbocycles. The van der Waals surface area contributed by atoms with Crippen molar-refractivity contribution in [1.82, 2.24) is 14.5 Å². The van der Waals surface area contributed by atoms with Crippen LogP contribution < -0.4 is 4.74 Å². The molecule has 0 N–H and O–H groups in total. The van der Waals surface area contributed by atoms with Crippen LogP contribution in [0.3, 0.4) is 0 Å². The Morgan fingerprint density at radius 3 is 2.10 bits per heavy atom. The summed E-state index contributed by atoms with van der Waals surface area (Å²) in [7, 11) is 0. The number of hydrogen-bond donors (Lipinski definition) is 0. The van der Waals surface area contributed by atoms with Gasteiger partial charge in [-0.05, 0) is 47.9 Å². The van der Waals surface area contributed by atoms with Crippen molar-refractivity contribution in [3.63, 3.8) is 0 Å². The summed E-state index contributed by atoms with van der Waals surface area (Å²) < 4.78 is 9.15. The van der Waals surface area contributed by atoms with Crippen LogP contribution in [0.15, 0.2) is 152 Å². The predicted molar refractivity (Wildman–Crippen MR) is 201 cm³/mol. The molecule has 0 unspecified atom stereocenters. The van der Waals surface area contributed by atoms with Gasteiger partial charge >= 0.3 is 0 Å². The van der Waals surface area contributed by atoms with Gasteiger partial charge < -0.3 is 9.30 Å². The normalized spacial score (nSPS) is 13.4. The van der Waals surface area contributed by atoms with Gasteiger partial charge in [0.15, 0.2) is 11.6 Å². The summed E-state index contributed by atoms with van der Waals surface area (Å²) in [4.78, 5) is 10.4. The van der Waals surface area contributed by atoms with E-state index in [-0.39, 0.29) is 5.41 Å². The Hall–Kier alpha value is -6.26. The van der Waals surface area contributed by atoms with E-state index in [0.29, 0.717) is 5.82 Å². The smallest absolute Gasteiger partial charge is 0.160 e. The van der Waals surface area contributed by atoms with Crippen LogP contribution >= 0.6 is 0 Å². The van der Waals surface area contributed by atoms with E-state index in [1.165, 1.54) is 21.9 Å². The van der Waals surface area contributed by atoms with Gasteiger partial charge in [0.25, 0.3) is 0 Å². The number of fused-ring (bicyclic) bond motifs is 9. The third-order valence-electron chi connectivity index (χ3n) is 10.3. The van der Waals surface area contributed by atoms with Gasteiger partial charge in [0.2, 0.25) is 0 Å². The summed E-state index contributed by atoms with van der Waals surface area (Å²) in [5, 5.41) is 5.70. The van der Waals surface area contributed by atoms with Crippen LogP contribution in [0.5, 0.6) is 11.5 Å². The first kappa shape index (κ1) is 27.8. The number of ether oxygens (including phenoxy) is 1. The molecule has 232 valence electrons. The third kappa shape index (κ3) is 4.10. The van der Waals surface area contributed by atoms with E-state index in [1.54, 1.807) is 0 Å². The third-order valence-corrected chi connectivity index (χ3v) is 10.3. The van der Waals surface area contributed by atoms with E-state index >= 15 is 0 Å². The number of para-hydroxylation sites is 2. The highest BCUT2D eigenvalue weighted by atomic mass is 16.5. The van der Waals surface area contributed by atoms with Gasteiger partial charge in [-0.25, -0.2) is 9.97 Å². The number of benzene rings is 7. The van der Waals surface area contributed by atoms with Crippen LogP contribution in [0.1, 0.15) is 25.0 Å². The summed E-state index contributed by atoms with van der Waals surface area (Å²) in [5.41, 5.74) is 9.37. The summed E-state index contributed by atoms with van der Waals surface area (Å²) >= 11 is 0. The molecular formula is C45H31N3O. The molecule has 0 saturated carbocycles. The SMILES string of the molecule is CC1(C)c2ccccc2Oc2c1ccc1c3ccccc3n(-c3ccc(-c4nc(-c5ccccc5)c5ccc6ccccc6c5n4)cc3)c21. The van der Waals surface area contributed by atoms with E-state index in [4.69, 9.17) is 14.7 Å². The summed E-state index contributed by atoms with van der Waals surface area (Å²) in [6.07, 6.45) is 0. The highest BCUT2D eigenvalue weighted by molar-refractivity contribution is 6.12. The Morgan fingerprint density at radius 2 is 1.24 bits per heavy atom. The molecule has 1 aliphatic heterocycles. The lowest BCUT2D eigenvalue weighted by Gasteiger charge is -2.35. The molecule has 3 heterocycles. The van der Waals surface area contributed by atoms with Crippen molar-refractivity contribution in [3.8, 4) is 39.8 Å². The molecule has 0 amide bonds. The summed E-state index contributed by atoms with van der Waals surface area (Å²) in [6, 6.07) is 53.3. The minimum absolute atomic E-state index is 0.211. The Kier molecular flexibility index (Phi) is 5.89. The van der Waals surface area contributed by atoms with Gasteiger partial charge in [-0.15, -0.1) is 0 Å². The van der Waals surface area contributed by atoms with E-state index in [2.05, 4.69) is 164 Å². The van der Waals surface area contributed by atoms with Gasteiger partial charge in [-0.1, -0.05) is 123 Å². The molecule has 0 saturated heterocycles. The van der Waals surface area contributed by atoms with E-state index in [9.17, 15) is 0 Å². The van der Waals surface area contributed by atoms with Crippen LogP contribution in [0.4, 0.5) is 0 Å². The van der Waals surface area contributed by atoms with E-state index in [1.807, 2.05) is 6.07 Å². The van der Waals surface area contributed by atoms with Crippen molar-refractivity contribution in [1.29, 1.82) is 0 Å². The van der Waals surface area contributed by atoms with Crippen LogP contribution in [0, 0.1) is 0 Å². The molecular weight excluding hydrogens is 599 g/mol. The lowest BCUT2D eigenvalue weighted by molar-refractivity contribution is 0.421. The second kappa shape index (κ2) is 10.4. The molecule has 2 aromatic heterocycles. The van der Waals surface area contributed by atoms with E-state index in [0.717, 1.165) is 66.7 Å². The van der Waals surface area contributed by atoms with Crippen molar-refractivity contribution in [2.75, 3.05) is 0 Å². The molecule has 0 radical (unpaired) electrons. The Balaban J connectivity index is 1.18. The van der Waals surface area contributed by atoms with Crippen molar-refractivity contribution < 1.29 is 4.74 Å². The van der Waals surface area contributed by atoms with Crippen LogP contribution in [0.25, 0.3) is 71.8 Å². The topological polar surface area (TPSA) is 39.9 Å². The molecule has 4 nitrogen and oxygen atoms in total. The molecule has 9 aromatic rings. The van der Waals surface area contributed by atoms with Gasteiger partial charge in [-0.2, -0.15) is 0 Å². The maximum atomic E-state index is 6.80. The van der Waals surface area contributed by atoms with Crippen LogP contribution in [0.2, 0.25) is 0 Å². The van der Waals surface area contributed by atoms with Crippen molar-refractivity contribution >= 4 is 43.5 Å².